The number of carbonyl (C=O) groups excluding carboxylic acids is 1. The maximum absolute atomic E-state index is 11.1. The maximum atomic E-state index is 11.1. The van der Waals surface area contributed by atoms with E-state index < -0.39 is 24.1 Å². The average molecular weight is 248 g/mol. The van der Waals surface area contributed by atoms with Gasteiger partial charge < -0.3 is 24.8 Å². The van der Waals surface area contributed by atoms with Crippen LogP contribution in [0.25, 0.3) is 0 Å². The van der Waals surface area contributed by atoms with Crippen LogP contribution in [-0.2, 0) is 14.3 Å². The number of nitrogens with one attached hydrogen (secondary N) is 1. The first-order valence-electron chi connectivity index (χ1n) is 3.99. The predicted octanol–water partition coefficient (Wildman–Crippen LogP) is -1.59. The Morgan fingerprint density at radius 1 is 1.44 bits per heavy atom. The van der Waals surface area contributed by atoms with E-state index in [9.17, 15) is 9.59 Å². The molecule has 0 fully saturated rings. The number of carboxylic acid groups (broad SMARTS) is 1. The number of carboxylic acids is 1. The van der Waals surface area contributed by atoms with Crippen LogP contribution in [0, 0.1) is 0 Å². The van der Waals surface area contributed by atoms with Gasteiger partial charge >= 0.3 is 11.9 Å². The van der Waals surface area contributed by atoms with Crippen molar-refractivity contribution in [3.63, 3.8) is 0 Å². The van der Waals surface area contributed by atoms with Gasteiger partial charge in [-0.15, -0.1) is 0 Å². The summed E-state index contributed by atoms with van der Waals surface area (Å²) in [5.41, 5.74) is 0. The molecule has 1 heterocycles. The molecule has 0 spiro atoms. The van der Waals surface area contributed by atoms with Crippen LogP contribution in [0.15, 0.2) is 16.7 Å². The summed E-state index contributed by atoms with van der Waals surface area (Å²) in [6.45, 7) is 0. The smallest absolute Gasteiger partial charge is 0.345 e. The van der Waals surface area contributed by atoms with Gasteiger partial charge in [-0.25, -0.2) is 9.59 Å². The van der Waals surface area contributed by atoms with E-state index in [1.165, 1.54) is 12.3 Å². The number of aliphatic hydroxyl groups is 2. The summed E-state index contributed by atoms with van der Waals surface area (Å²) in [6.07, 6.45) is -1.66. The quantitative estimate of drug-likeness (QED) is 0.348. The fourth-order valence-corrected chi connectivity index (χ4v) is 1.09. The molecule has 9 heteroatoms. The molecule has 0 radical (unpaired) electrons. The molecule has 1 rings (SSSR count). The molecule has 8 nitrogen and oxygen atoms in total. The van der Waals surface area contributed by atoms with Crippen molar-refractivity contribution in [2.45, 2.75) is 12.2 Å². The van der Waals surface area contributed by atoms with Crippen LogP contribution in [0.1, 0.15) is 0 Å². The van der Waals surface area contributed by atoms with E-state index in [2.05, 4.69) is 13.9 Å². The topological polar surface area (TPSA) is 128 Å². The predicted molar refractivity (Wildman–Crippen MR) is 53.0 cm³/mol. The number of ether oxygens (including phenoxy) is 1. The number of aliphatic carboxylic acids is 1. The minimum absolute atomic E-state index is 0.106. The summed E-state index contributed by atoms with van der Waals surface area (Å²) in [6, 6.07) is 0. The van der Waals surface area contributed by atoms with Crippen molar-refractivity contribution in [1.82, 2.24) is 4.72 Å². The van der Waals surface area contributed by atoms with Crippen LogP contribution in [0.5, 0.6) is 0 Å². The lowest BCUT2D eigenvalue weighted by Crippen LogP contribution is -2.41. The average Bonchev–Trinajstić information content (AvgIpc) is 2.28. The largest absolute Gasteiger partial charge is 0.479 e. The van der Waals surface area contributed by atoms with Crippen molar-refractivity contribution < 1.29 is 29.6 Å². The lowest BCUT2D eigenvalue weighted by molar-refractivity contribution is -0.164. The maximum Gasteiger partial charge on any atom is 0.345 e. The highest BCUT2D eigenvalue weighted by Crippen LogP contribution is 2.06. The van der Waals surface area contributed by atoms with Gasteiger partial charge in [0, 0.05) is 12.3 Å². The highest BCUT2D eigenvalue weighted by atomic mass is 32.2. The van der Waals surface area contributed by atoms with E-state index in [1.807, 2.05) is 0 Å². The third kappa shape index (κ3) is 3.22. The number of rotatable bonds is 3. The van der Waals surface area contributed by atoms with Gasteiger partial charge in [-0.1, -0.05) is 0 Å². The van der Waals surface area contributed by atoms with Gasteiger partial charge in [0.1, 0.15) is 0 Å². The second-order valence-electron chi connectivity index (χ2n) is 2.62. The molecule has 0 saturated carbocycles. The van der Waals surface area contributed by atoms with E-state index in [0.717, 1.165) is 12.1 Å². The van der Waals surface area contributed by atoms with E-state index >= 15 is 0 Å². The Labute approximate surface area is 93.9 Å². The van der Waals surface area contributed by atoms with Gasteiger partial charge in [0.05, 0.1) is 12.1 Å². The molecule has 0 saturated heterocycles. The first-order chi connectivity index (χ1) is 7.52. The van der Waals surface area contributed by atoms with Gasteiger partial charge in [0.2, 0.25) is 5.90 Å². The van der Waals surface area contributed by atoms with E-state index in [4.69, 9.17) is 15.3 Å². The summed E-state index contributed by atoms with van der Waals surface area (Å²) in [4.78, 5) is 21.4. The molecule has 2 unspecified atom stereocenters. The monoisotopic (exact) mass is 248 g/mol. The van der Waals surface area contributed by atoms with Crippen molar-refractivity contribution in [2.75, 3.05) is 0 Å². The van der Waals surface area contributed by atoms with Crippen LogP contribution < -0.4 is 4.72 Å². The van der Waals surface area contributed by atoms with Crippen molar-refractivity contribution in [3.8, 4) is 0 Å². The van der Waals surface area contributed by atoms with E-state index in [-0.39, 0.29) is 5.90 Å². The molecule has 16 heavy (non-hydrogen) atoms. The van der Waals surface area contributed by atoms with Crippen LogP contribution >= 0.6 is 12.1 Å². The molecular formula is C7H8N2O6S. The Balaban J connectivity index is 2.55. The van der Waals surface area contributed by atoms with Gasteiger partial charge in [-0.3, -0.25) is 0 Å². The Kier molecular flexibility index (Phi) is 4.28. The van der Waals surface area contributed by atoms with Crippen molar-refractivity contribution >= 4 is 30.0 Å². The number of carbonyl (C=O) groups is 2. The van der Waals surface area contributed by atoms with E-state index in [1.54, 1.807) is 0 Å². The third-order valence-corrected chi connectivity index (χ3v) is 1.99. The summed E-state index contributed by atoms with van der Waals surface area (Å²) in [5.74, 6) is -3.12. The van der Waals surface area contributed by atoms with Crippen molar-refractivity contribution in [3.05, 3.63) is 12.3 Å². The lowest BCUT2D eigenvalue weighted by Gasteiger charge is -2.13. The Hall–Kier alpha value is -1.58. The van der Waals surface area contributed by atoms with Gasteiger partial charge in [-0.05, 0) is 0 Å². The summed E-state index contributed by atoms with van der Waals surface area (Å²) >= 11 is 0.885. The molecule has 88 valence electrons. The van der Waals surface area contributed by atoms with Gasteiger partial charge in [0.15, 0.2) is 12.2 Å². The fraction of sp³-hybridized carbons (Fsp3) is 0.286. The number of aliphatic hydroxyl groups excluding tert-OH is 2. The van der Waals surface area contributed by atoms with Gasteiger partial charge in [-0.2, -0.15) is 4.40 Å². The second-order valence-corrected chi connectivity index (χ2v) is 3.22. The Morgan fingerprint density at radius 2 is 2.12 bits per heavy atom. The zero-order valence-electron chi connectivity index (χ0n) is 7.73. The number of hydrogen-bond acceptors (Lipinski definition) is 8. The summed E-state index contributed by atoms with van der Waals surface area (Å²) < 4.78 is 10.7. The van der Waals surface area contributed by atoms with Crippen molar-refractivity contribution in [2.24, 2.45) is 4.40 Å². The molecule has 0 bridgehead atoms. The number of nitrogens with zero attached hydrogens (tertiary/aromatic N) is 1. The SMILES string of the molecule is O=C(O)C(O)C(O)C(=O)OC1=NSNC=C1. The molecule has 0 amide bonds. The first-order valence-corrected chi connectivity index (χ1v) is 4.76. The van der Waals surface area contributed by atoms with Crippen molar-refractivity contribution in [1.29, 1.82) is 0 Å². The van der Waals surface area contributed by atoms with Crippen LogP contribution in [-0.4, -0.2) is 45.4 Å². The fourth-order valence-electron chi connectivity index (χ4n) is 0.718. The molecule has 1 aliphatic rings. The molecule has 4 N–H and O–H groups in total. The first kappa shape index (κ1) is 12.5. The minimum atomic E-state index is -2.23. The van der Waals surface area contributed by atoms with Crippen LogP contribution in [0.2, 0.25) is 0 Å². The normalized spacial score (nSPS) is 18.0. The number of esters is 1. The summed E-state index contributed by atoms with van der Waals surface area (Å²) in [7, 11) is 0. The molecule has 0 aromatic rings. The molecule has 0 aliphatic carbocycles. The standard InChI is InChI=1S/C7H8N2O6S/c10-4(6(12)13)5(11)7(14)15-3-1-2-8-16-9-3/h1-2,4-5,8,10-11H,(H,12,13). The Bertz CT molecular complexity index is 355. The molecule has 0 aromatic heterocycles. The third-order valence-electron chi connectivity index (χ3n) is 1.48. The zero-order chi connectivity index (χ0) is 12.1. The van der Waals surface area contributed by atoms with Crippen LogP contribution in [0.4, 0.5) is 0 Å². The molecule has 0 aromatic carbocycles. The highest BCUT2D eigenvalue weighted by Gasteiger charge is 2.32. The lowest BCUT2D eigenvalue weighted by atomic mass is 10.2. The van der Waals surface area contributed by atoms with Gasteiger partial charge in [0.25, 0.3) is 0 Å². The van der Waals surface area contributed by atoms with Crippen LogP contribution in [0.3, 0.4) is 0 Å². The minimum Gasteiger partial charge on any atom is -0.479 e. The Morgan fingerprint density at radius 3 is 2.62 bits per heavy atom. The summed E-state index contributed by atoms with van der Waals surface area (Å²) in [5, 5.41) is 26.3. The highest BCUT2D eigenvalue weighted by molar-refractivity contribution is 7.96. The second kappa shape index (κ2) is 5.49. The molecule has 2 atom stereocenters. The number of hydrogen-bond donors (Lipinski definition) is 4. The van der Waals surface area contributed by atoms with E-state index in [0.29, 0.717) is 0 Å². The zero-order valence-corrected chi connectivity index (χ0v) is 8.55. The molecular weight excluding hydrogens is 240 g/mol. The molecule has 1 aliphatic heterocycles.